The zero-order valence-electron chi connectivity index (χ0n) is 18.3. The van der Waals surface area contributed by atoms with E-state index in [1.807, 2.05) is 30.3 Å². The Morgan fingerprint density at radius 2 is 1.46 bits per heavy atom. The molecule has 1 N–H and O–H groups in total. The van der Waals surface area contributed by atoms with E-state index in [-0.39, 0.29) is 17.2 Å². The van der Waals surface area contributed by atoms with Crippen molar-refractivity contribution in [2.24, 2.45) is 0 Å². The molecule has 174 valence electrons. The quantitative estimate of drug-likeness (QED) is 0.331. The van der Waals surface area contributed by atoms with E-state index in [4.69, 9.17) is 0 Å². The van der Waals surface area contributed by atoms with Crippen molar-refractivity contribution in [2.75, 3.05) is 5.32 Å². The summed E-state index contributed by atoms with van der Waals surface area (Å²) in [6, 6.07) is 25.0. The average molecular weight is 472 g/mol. The second-order valence-electron chi connectivity index (χ2n) is 7.90. The van der Waals surface area contributed by atoms with Crippen LogP contribution in [0.15, 0.2) is 108 Å². The van der Waals surface area contributed by atoms with Gasteiger partial charge in [0.1, 0.15) is 5.65 Å². The molecule has 0 bridgehead atoms. The fraction of sp³-hybridized carbons (Fsp3) is 0.0741. The molecule has 3 aromatic carbocycles. The number of alkyl halides is 3. The molecule has 0 aliphatic heterocycles. The van der Waals surface area contributed by atoms with Gasteiger partial charge in [-0.2, -0.15) is 18.2 Å². The maximum atomic E-state index is 14.0. The number of nitrogens with zero attached hydrogens (tertiary/aromatic N) is 3. The van der Waals surface area contributed by atoms with Crippen molar-refractivity contribution in [2.45, 2.75) is 12.2 Å². The molecular formula is C27H19F3N4O. The zero-order chi connectivity index (χ0) is 24.4. The first-order valence-electron chi connectivity index (χ1n) is 10.8. The molecule has 8 heteroatoms. The van der Waals surface area contributed by atoms with Gasteiger partial charge in [-0.3, -0.25) is 9.36 Å². The van der Waals surface area contributed by atoms with Gasteiger partial charge in [0.2, 0.25) is 5.95 Å². The predicted octanol–water partition coefficient (Wildman–Crippen LogP) is 6.19. The van der Waals surface area contributed by atoms with Crippen LogP contribution in [0.25, 0.3) is 11.0 Å². The number of pyridine rings is 1. The maximum absolute atomic E-state index is 14.0. The van der Waals surface area contributed by atoms with E-state index < -0.39 is 23.3 Å². The van der Waals surface area contributed by atoms with Crippen molar-refractivity contribution in [1.82, 2.24) is 14.5 Å². The maximum Gasteiger partial charge on any atom is 0.416 e. The number of rotatable bonds is 5. The van der Waals surface area contributed by atoms with Crippen molar-refractivity contribution in [3.8, 4) is 0 Å². The van der Waals surface area contributed by atoms with Crippen LogP contribution >= 0.6 is 0 Å². The Morgan fingerprint density at radius 3 is 2.17 bits per heavy atom. The molecule has 0 saturated heterocycles. The number of para-hydroxylation sites is 1. The van der Waals surface area contributed by atoms with Crippen LogP contribution < -0.4 is 10.9 Å². The largest absolute Gasteiger partial charge is 0.416 e. The fourth-order valence-electron chi connectivity index (χ4n) is 4.10. The third-order valence-corrected chi connectivity index (χ3v) is 5.63. The minimum absolute atomic E-state index is 0.0445. The van der Waals surface area contributed by atoms with Crippen molar-refractivity contribution >= 4 is 22.7 Å². The summed E-state index contributed by atoms with van der Waals surface area (Å²) in [5.41, 5.74) is 0.143. The molecule has 0 aliphatic carbocycles. The van der Waals surface area contributed by atoms with E-state index in [1.165, 1.54) is 28.8 Å². The molecule has 5 aromatic rings. The number of hydrogen-bond acceptors (Lipinski definition) is 4. The Kier molecular flexibility index (Phi) is 5.78. The van der Waals surface area contributed by atoms with Gasteiger partial charge in [0, 0.05) is 23.3 Å². The minimum Gasteiger partial charge on any atom is -0.324 e. The lowest BCUT2D eigenvalue weighted by atomic mass is 9.93. The molecule has 0 fully saturated rings. The van der Waals surface area contributed by atoms with Gasteiger partial charge in [0.15, 0.2) is 0 Å². The van der Waals surface area contributed by atoms with Crippen molar-refractivity contribution < 1.29 is 13.2 Å². The second kappa shape index (κ2) is 9.06. The summed E-state index contributed by atoms with van der Waals surface area (Å²) in [6.07, 6.45) is -3.06. The van der Waals surface area contributed by atoms with Gasteiger partial charge in [-0.25, -0.2) is 4.98 Å². The Bertz CT molecular complexity index is 1530. The molecule has 2 heterocycles. The molecule has 0 saturated carbocycles. The number of benzene rings is 3. The summed E-state index contributed by atoms with van der Waals surface area (Å²) in [4.78, 5) is 22.1. The van der Waals surface area contributed by atoms with Gasteiger partial charge in [-0.1, -0.05) is 66.7 Å². The normalized spacial score (nSPS) is 12.4. The number of aromatic nitrogens is 3. The highest BCUT2D eigenvalue weighted by molar-refractivity contribution is 5.76. The monoisotopic (exact) mass is 472 g/mol. The van der Waals surface area contributed by atoms with Gasteiger partial charge in [0.05, 0.1) is 11.6 Å². The average Bonchev–Trinajstić information content (AvgIpc) is 2.86. The van der Waals surface area contributed by atoms with Crippen LogP contribution in [0.2, 0.25) is 0 Å². The van der Waals surface area contributed by atoms with Crippen LogP contribution in [-0.2, 0) is 6.18 Å². The van der Waals surface area contributed by atoms with Crippen LogP contribution in [-0.4, -0.2) is 14.5 Å². The minimum atomic E-state index is -4.60. The summed E-state index contributed by atoms with van der Waals surface area (Å²) in [6.45, 7) is 0. The summed E-state index contributed by atoms with van der Waals surface area (Å²) < 4.78 is 43.4. The molecule has 5 nitrogen and oxygen atoms in total. The lowest BCUT2D eigenvalue weighted by Gasteiger charge is -2.25. The van der Waals surface area contributed by atoms with Crippen LogP contribution in [0.5, 0.6) is 0 Å². The van der Waals surface area contributed by atoms with E-state index in [0.29, 0.717) is 10.9 Å². The van der Waals surface area contributed by atoms with Gasteiger partial charge in [-0.15, -0.1) is 0 Å². The van der Waals surface area contributed by atoms with E-state index >= 15 is 0 Å². The lowest BCUT2D eigenvalue weighted by molar-refractivity contribution is -0.138. The molecule has 2 aromatic heterocycles. The summed E-state index contributed by atoms with van der Waals surface area (Å²) in [5, 5.41) is 3.60. The van der Waals surface area contributed by atoms with Crippen LogP contribution in [0.4, 0.5) is 24.8 Å². The molecule has 35 heavy (non-hydrogen) atoms. The van der Waals surface area contributed by atoms with Crippen LogP contribution in [0.3, 0.4) is 0 Å². The molecular weight excluding hydrogens is 453 g/mol. The van der Waals surface area contributed by atoms with Crippen molar-refractivity contribution in [3.05, 3.63) is 130 Å². The van der Waals surface area contributed by atoms with Gasteiger partial charge < -0.3 is 5.32 Å². The predicted molar refractivity (Wildman–Crippen MR) is 129 cm³/mol. The first kappa shape index (κ1) is 22.3. The number of anilines is 2. The summed E-state index contributed by atoms with van der Waals surface area (Å²) in [7, 11) is 0. The van der Waals surface area contributed by atoms with E-state index in [1.54, 1.807) is 42.6 Å². The number of halogens is 3. The summed E-state index contributed by atoms with van der Waals surface area (Å²) in [5.74, 6) is 0.221. The van der Waals surface area contributed by atoms with Gasteiger partial charge in [0.25, 0.3) is 5.56 Å². The summed E-state index contributed by atoms with van der Waals surface area (Å²) >= 11 is 0. The molecule has 5 rings (SSSR count). The fourth-order valence-corrected chi connectivity index (χ4v) is 4.10. The molecule has 0 aliphatic rings. The van der Waals surface area contributed by atoms with E-state index in [0.717, 1.165) is 11.8 Å². The van der Waals surface area contributed by atoms with E-state index in [2.05, 4.69) is 15.3 Å². The number of fused-ring (bicyclic) bond motifs is 1. The van der Waals surface area contributed by atoms with Gasteiger partial charge in [-0.05, 0) is 35.4 Å². The molecule has 0 radical (unpaired) electrons. The highest BCUT2D eigenvalue weighted by Crippen LogP contribution is 2.38. The Balaban J connectivity index is 1.77. The molecule has 1 atom stereocenters. The second-order valence-corrected chi connectivity index (χ2v) is 7.90. The Morgan fingerprint density at radius 1 is 0.800 bits per heavy atom. The standard InChI is InChI=1S/C27H19F3N4O/c28-27(29,30)22-14-8-7-13-21(22)24(18-9-3-1-4-10-18)34-23(35)16-15-19-17-31-26(33-25(19)34)32-20-11-5-2-6-12-20/h1-17,24H,(H,31,32,33). The Hall–Kier alpha value is -4.46. The topological polar surface area (TPSA) is 59.8 Å². The molecule has 0 amide bonds. The highest BCUT2D eigenvalue weighted by Gasteiger charge is 2.36. The number of nitrogens with one attached hydrogen (secondary N) is 1. The lowest BCUT2D eigenvalue weighted by Crippen LogP contribution is -2.28. The molecule has 0 spiro atoms. The molecule has 1 unspecified atom stereocenters. The highest BCUT2D eigenvalue weighted by atomic mass is 19.4. The smallest absolute Gasteiger partial charge is 0.324 e. The first-order chi connectivity index (χ1) is 16.9. The van der Waals surface area contributed by atoms with Crippen molar-refractivity contribution in [3.63, 3.8) is 0 Å². The van der Waals surface area contributed by atoms with Crippen molar-refractivity contribution in [1.29, 1.82) is 0 Å². The van der Waals surface area contributed by atoms with Crippen LogP contribution in [0, 0.1) is 0 Å². The third-order valence-electron chi connectivity index (χ3n) is 5.63. The SMILES string of the molecule is O=c1ccc2cnc(Nc3ccccc3)nc2n1C(c1ccccc1)c1ccccc1C(F)(F)F. The third kappa shape index (κ3) is 4.50. The van der Waals surface area contributed by atoms with Crippen LogP contribution in [0.1, 0.15) is 22.7 Å². The number of hydrogen-bond donors (Lipinski definition) is 1. The Labute approximate surface area is 198 Å². The first-order valence-corrected chi connectivity index (χ1v) is 10.8. The van der Waals surface area contributed by atoms with E-state index in [9.17, 15) is 18.0 Å². The van der Waals surface area contributed by atoms with Gasteiger partial charge >= 0.3 is 6.18 Å². The zero-order valence-corrected chi connectivity index (χ0v) is 18.3.